The van der Waals surface area contributed by atoms with Crippen molar-refractivity contribution in [1.82, 2.24) is 14.7 Å². The maximum Gasteiger partial charge on any atom is 0.194 e. The lowest BCUT2D eigenvalue weighted by Gasteiger charge is -2.13. The van der Waals surface area contributed by atoms with Gasteiger partial charge in [0.05, 0.1) is 11.4 Å². The second kappa shape index (κ2) is 4.42. The number of aryl methyl sites for hydroxylation is 1. The highest BCUT2D eigenvalue weighted by molar-refractivity contribution is 7.15. The summed E-state index contributed by atoms with van der Waals surface area (Å²) in [4.78, 5) is 5.67. The van der Waals surface area contributed by atoms with Crippen LogP contribution in [0.15, 0.2) is 11.6 Å². The lowest BCUT2D eigenvalue weighted by atomic mass is 10.1. The first-order chi connectivity index (χ1) is 8.24. The number of thiazole rings is 1. The van der Waals surface area contributed by atoms with Crippen molar-refractivity contribution < 1.29 is 0 Å². The molecule has 1 unspecified atom stereocenters. The number of fused-ring (bicyclic) bond motifs is 1. The van der Waals surface area contributed by atoms with Gasteiger partial charge in [-0.1, -0.05) is 12.8 Å². The van der Waals surface area contributed by atoms with Crippen molar-refractivity contribution in [3.05, 3.63) is 23.0 Å². The first kappa shape index (κ1) is 11.2. The van der Waals surface area contributed by atoms with Crippen molar-refractivity contribution in [2.75, 3.05) is 0 Å². The zero-order valence-corrected chi connectivity index (χ0v) is 11.3. The number of nitrogens with zero attached hydrogens (tertiary/aromatic N) is 2. The maximum absolute atomic E-state index is 4.57. The first-order valence-corrected chi connectivity index (χ1v) is 7.26. The molecule has 0 spiro atoms. The molecule has 0 saturated heterocycles. The highest BCUT2D eigenvalue weighted by Gasteiger charge is 2.23. The monoisotopic (exact) mass is 249 g/mol. The summed E-state index contributed by atoms with van der Waals surface area (Å²) in [5.74, 6) is 0.991. The fourth-order valence-electron chi connectivity index (χ4n) is 2.36. The quantitative estimate of drug-likeness (QED) is 0.882. The van der Waals surface area contributed by atoms with E-state index in [4.69, 9.17) is 0 Å². The summed E-state index contributed by atoms with van der Waals surface area (Å²) in [6.07, 6.45) is 6.31. The predicted octanol–water partition coefficient (Wildman–Crippen LogP) is 2.98. The van der Waals surface area contributed by atoms with Gasteiger partial charge in [0.1, 0.15) is 0 Å². The normalized spacial score (nSPS) is 17.8. The number of rotatable bonds is 5. The van der Waals surface area contributed by atoms with Crippen LogP contribution >= 0.6 is 11.3 Å². The molecule has 2 aromatic heterocycles. The van der Waals surface area contributed by atoms with Crippen molar-refractivity contribution in [2.45, 2.75) is 45.7 Å². The molecule has 1 N–H and O–H groups in total. The van der Waals surface area contributed by atoms with E-state index in [2.05, 4.69) is 40.1 Å². The third-order valence-electron chi connectivity index (χ3n) is 3.56. The number of hydrogen-bond donors (Lipinski definition) is 1. The van der Waals surface area contributed by atoms with E-state index in [1.165, 1.54) is 25.0 Å². The fraction of sp³-hybridized carbons (Fsp3) is 0.615. The van der Waals surface area contributed by atoms with Gasteiger partial charge in [-0.3, -0.25) is 4.40 Å². The predicted molar refractivity (Wildman–Crippen MR) is 71.4 cm³/mol. The molecule has 1 atom stereocenters. The standard InChI is InChI=1S/C13H19N3S/c1-9(7-11-3-4-11)14-8-12-10(2)15-13-16(12)5-6-17-13/h5-6,9,11,14H,3-4,7-8H2,1-2H3. The Hall–Kier alpha value is -0.870. The van der Waals surface area contributed by atoms with Crippen LogP contribution in [0.25, 0.3) is 4.96 Å². The minimum atomic E-state index is 0.617. The Balaban J connectivity index is 1.66. The molecule has 4 heteroatoms. The van der Waals surface area contributed by atoms with Crippen LogP contribution in [0.1, 0.15) is 37.6 Å². The van der Waals surface area contributed by atoms with Crippen LogP contribution in [0.3, 0.4) is 0 Å². The average Bonchev–Trinajstić information content (AvgIpc) is 2.88. The van der Waals surface area contributed by atoms with Gasteiger partial charge in [0.15, 0.2) is 4.96 Å². The fourth-order valence-corrected chi connectivity index (χ4v) is 3.14. The van der Waals surface area contributed by atoms with E-state index in [1.54, 1.807) is 11.3 Å². The van der Waals surface area contributed by atoms with Gasteiger partial charge in [-0.05, 0) is 26.2 Å². The zero-order chi connectivity index (χ0) is 11.8. The molecule has 0 radical (unpaired) electrons. The van der Waals surface area contributed by atoms with Crippen LogP contribution in [-0.4, -0.2) is 15.4 Å². The summed E-state index contributed by atoms with van der Waals surface area (Å²) in [6, 6.07) is 0.617. The van der Waals surface area contributed by atoms with Crippen LogP contribution < -0.4 is 5.32 Å². The summed E-state index contributed by atoms with van der Waals surface area (Å²) in [6.45, 7) is 5.32. The number of imidazole rings is 1. The van der Waals surface area contributed by atoms with Gasteiger partial charge >= 0.3 is 0 Å². The van der Waals surface area contributed by atoms with Gasteiger partial charge < -0.3 is 5.32 Å². The average molecular weight is 249 g/mol. The van der Waals surface area contributed by atoms with E-state index >= 15 is 0 Å². The molecule has 1 aliphatic carbocycles. The Labute approximate surface area is 106 Å². The van der Waals surface area contributed by atoms with Gasteiger partial charge in [0.25, 0.3) is 0 Å². The van der Waals surface area contributed by atoms with E-state index in [9.17, 15) is 0 Å². The molecule has 2 heterocycles. The van der Waals surface area contributed by atoms with E-state index in [0.29, 0.717) is 6.04 Å². The molecule has 3 rings (SSSR count). The van der Waals surface area contributed by atoms with Crippen LogP contribution in [0, 0.1) is 12.8 Å². The Morgan fingerprint density at radius 2 is 2.41 bits per heavy atom. The second-order valence-electron chi connectivity index (χ2n) is 5.16. The summed E-state index contributed by atoms with van der Waals surface area (Å²) >= 11 is 1.70. The zero-order valence-electron chi connectivity index (χ0n) is 10.4. The highest BCUT2D eigenvalue weighted by Crippen LogP contribution is 2.33. The molecule has 2 aromatic rings. The summed E-state index contributed by atoms with van der Waals surface area (Å²) in [5.41, 5.74) is 2.46. The van der Waals surface area contributed by atoms with E-state index in [1.807, 2.05) is 0 Å². The van der Waals surface area contributed by atoms with Gasteiger partial charge in [-0.15, -0.1) is 11.3 Å². The summed E-state index contributed by atoms with van der Waals surface area (Å²) in [7, 11) is 0. The van der Waals surface area contributed by atoms with Gasteiger partial charge in [-0.25, -0.2) is 4.98 Å². The van der Waals surface area contributed by atoms with E-state index < -0.39 is 0 Å². The molecule has 3 nitrogen and oxygen atoms in total. The molecule has 92 valence electrons. The number of nitrogens with one attached hydrogen (secondary N) is 1. The smallest absolute Gasteiger partial charge is 0.194 e. The third-order valence-corrected chi connectivity index (χ3v) is 4.32. The topological polar surface area (TPSA) is 29.3 Å². The molecule has 1 aliphatic rings. The van der Waals surface area contributed by atoms with Crippen molar-refractivity contribution in [3.63, 3.8) is 0 Å². The summed E-state index contributed by atoms with van der Waals surface area (Å²) < 4.78 is 2.21. The number of aromatic nitrogens is 2. The molecule has 0 aromatic carbocycles. The SMILES string of the molecule is Cc1nc2sccn2c1CNC(C)CC1CC1. The van der Waals surface area contributed by atoms with Crippen LogP contribution in [0.4, 0.5) is 0 Å². The van der Waals surface area contributed by atoms with Gasteiger partial charge in [0, 0.05) is 24.2 Å². The molecule has 0 amide bonds. The van der Waals surface area contributed by atoms with Crippen LogP contribution in [0.2, 0.25) is 0 Å². The molecule has 1 fully saturated rings. The second-order valence-corrected chi connectivity index (χ2v) is 6.03. The van der Waals surface area contributed by atoms with Gasteiger partial charge in [-0.2, -0.15) is 0 Å². The van der Waals surface area contributed by atoms with E-state index in [-0.39, 0.29) is 0 Å². The first-order valence-electron chi connectivity index (χ1n) is 6.38. The molecule has 17 heavy (non-hydrogen) atoms. The molecule has 0 bridgehead atoms. The molecular weight excluding hydrogens is 230 g/mol. The third kappa shape index (κ3) is 2.38. The lowest BCUT2D eigenvalue weighted by molar-refractivity contribution is 0.482. The van der Waals surface area contributed by atoms with Crippen molar-refractivity contribution in [2.24, 2.45) is 5.92 Å². The maximum atomic E-state index is 4.57. The highest BCUT2D eigenvalue weighted by atomic mass is 32.1. The van der Waals surface area contributed by atoms with Crippen LogP contribution in [-0.2, 0) is 6.54 Å². The largest absolute Gasteiger partial charge is 0.309 e. The minimum Gasteiger partial charge on any atom is -0.309 e. The number of hydrogen-bond acceptors (Lipinski definition) is 3. The Kier molecular flexibility index (Phi) is 2.92. The molecule has 1 saturated carbocycles. The van der Waals surface area contributed by atoms with Gasteiger partial charge in [0.2, 0.25) is 0 Å². The van der Waals surface area contributed by atoms with Crippen molar-refractivity contribution >= 4 is 16.3 Å². The molecule has 0 aliphatic heterocycles. The Bertz CT molecular complexity index is 510. The Morgan fingerprint density at radius 3 is 3.18 bits per heavy atom. The van der Waals surface area contributed by atoms with Crippen molar-refractivity contribution in [1.29, 1.82) is 0 Å². The summed E-state index contributed by atoms with van der Waals surface area (Å²) in [5, 5.41) is 5.72. The van der Waals surface area contributed by atoms with Crippen LogP contribution in [0.5, 0.6) is 0 Å². The van der Waals surface area contributed by atoms with E-state index in [0.717, 1.165) is 23.1 Å². The minimum absolute atomic E-state index is 0.617. The molecular formula is C13H19N3S. The Morgan fingerprint density at radius 1 is 1.59 bits per heavy atom. The lowest BCUT2D eigenvalue weighted by Crippen LogP contribution is -2.26. The van der Waals surface area contributed by atoms with Crippen molar-refractivity contribution in [3.8, 4) is 0 Å².